The lowest BCUT2D eigenvalue weighted by molar-refractivity contribution is 0.163. The van der Waals surface area contributed by atoms with Crippen molar-refractivity contribution in [2.24, 2.45) is 0 Å². The molecule has 0 spiro atoms. The molecule has 1 N–H and O–H groups in total. The van der Waals surface area contributed by atoms with Crippen molar-refractivity contribution >= 4 is 15.5 Å². The van der Waals surface area contributed by atoms with Crippen LogP contribution < -0.4 is 5.32 Å². The molecule has 0 aliphatic carbocycles. The SMILES string of the molecule is CS(=O)(=O)c1c(F)c(F)c(F)c(F)c1NCC(F)F. The lowest BCUT2D eigenvalue weighted by Crippen LogP contribution is -2.18. The summed E-state index contributed by atoms with van der Waals surface area (Å²) >= 11 is 0. The average Bonchev–Trinajstić information content (AvgIpc) is 2.27. The van der Waals surface area contributed by atoms with Gasteiger partial charge in [0.1, 0.15) is 4.90 Å². The van der Waals surface area contributed by atoms with Gasteiger partial charge in [-0.1, -0.05) is 0 Å². The van der Waals surface area contributed by atoms with Gasteiger partial charge < -0.3 is 5.32 Å². The number of hydrogen-bond acceptors (Lipinski definition) is 3. The van der Waals surface area contributed by atoms with Gasteiger partial charge in [0.05, 0.1) is 12.2 Å². The van der Waals surface area contributed by atoms with Crippen LogP contribution in [0.15, 0.2) is 4.90 Å². The summed E-state index contributed by atoms with van der Waals surface area (Å²) in [7, 11) is -4.50. The Hall–Kier alpha value is -1.45. The summed E-state index contributed by atoms with van der Waals surface area (Å²) in [5, 5.41) is 1.55. The zero-order valence-corrected chi connectivity index (χ0v) is 10.1. The van der Waals surface area contributed by atoms with Gasteiger partial charge in [-0.2, -0.15) is 0 Å². The Kier molecular flexibility index (Phi) is 4.33. The highest BCUT2D eigenvalue weighted by molar-refractivity contribution is 7.90. The predicted octanol–water partition coefficient (Wildman–Crippen LogP) is 2.32. The number of sulfone groups is 1. The summed E-state index contributed by atoms with van der Waals surface area (Å²) in [6.45, 7) is -1.26. The topological polar surface area (TPSA) is 46.2 Å². The standard InChI is InChI=1S/C9H7F6NO2S/c1-19(17,18)9-7(15)5(13)4(12)6(14)8(9)16-2-3(10)11/h3,16H,2H2,1H3. The summed E-state index contributed by atoms with van der Waals surface area (Å²) in [6.07, 6.45) is -2.64. The van der Waals surface area contributed by atoms with Gasteiger partial charge in [-0.05, 0) is 0 Å². The Morgan fingerprint density at radius 2 is 1.47 bits per heavy atom. The zero-order valence-electron chi connectivity index (χ0n) is 9.28. The average molecular weight is 307 g/mol. The van der Waals surface area contributed by atoms with Gasteiger partial charge in [-0.15, -0.1) is 0 Å². The molecule has 108 valence electrons. The van der Waals surface area contributed by atoms with Crippen LogP contribution in [0.1, 0.15) is 0 Å². The van der Waals surface area contributed by atoms with Crippen molar-refractivity contribution in [2.75, 3.05) is 18.1 Å². The van der Waals surface area contributed by atoms with Crippen molar-refractivity contribution in [3.63, 3.8) is 0 Å². The third-order valence-electron chi connectivity index (χ3n) is 2.03. The van der Waals surface area contributed by atoms with Crippen LogP contribution in [0.3, 0.4) is 0 Å². The normalized spacial score (nSPS) is 12.0. The summed E-state index contributed by atoms with van der Waals surface area (Å²) in [6, 6.07) is 0. The number of nitrogens with one attached hydrogen (secondary N) is 1. The molecule has 0 fully saturated rings. The Labute approximate surface area is 104 Å². The summed E-state index contributed by atoms with van der Waals surface area (Å²) < 4.78 is 98.9. The van der Waals surface area contributed by atoms with Gasteiger partial charge in [0.2, 0.25) is 0 Å². The molecule has 0 unspecified atom stereocenters. The van der Waals surface area contributed by atoms with Crippen LogP contribution in [0.5, 0.6) is 0 Å². The Bertz CT molecular complexity index is 601. The van der Waals surface area contributed by atoms with Crippen LogP contribution in [-0.2, 0) is 9.84 Å². The molecule has 10 heteroatoms. The van der Waals surface area contributed by atoms with E-state index in [1.807, 2.05) is 0 Å². The fourth-order valence-corrected chi connectivity index (χ4v) is 2.24. The van der Waals surface area contributed by atoms with Gasteiger partial charge in [-0.3, -0.25) is 0 Å². The quantitative estimate of drug-likeness (QED) is 0.402. The van der Waals surface area contributed by atoms with E-state index < -0.39 is 56.7 Å². The van der Waals surface area contributed by atoms with E-state index in [9.17, 15) is 34.8 Å². The van der Waals surface area contributed by atoms with E-state index in [1.54, 1.807) is 5.32 Å². The lowest BCUT2D eigenvalue weighted by atomic mass is 10.2. The van der Waals surface area contributed by atoms with E-state index in [1.165, 1.54) is 0 Å². The number of rotatable bonds is 4. The molecule has 0 heterocycles. The second-order valence-electron chi connectivity index (χ2n) is 3.50. The van der Waals surface area contributed by atoms with Crippen LogP contribution >= 0.6 is 0 Å². The number of benzene rings is 1. The Morgan fingerprint density at radius 1 is 1.00 bits per heavy atom. The fraction of sp³-hybridized carbons (Fsp3) is 0.333. The molecular weight excluding hydrogens is 300 g/mol. The lowest BCUT2D eigenvalue weighted by Gasteiger charge is -2.13. The molecule has 0 bridgehead atoms. The van der Waals surface area contributed by atoms with Crippen molar-refractivity contribution in [3.8, 4) is 0 Å². The zero-order chi connectivity index (χ0) is 15.0. The number of hydrogen-bond donors (Lipinski definition) is 1. The fourth-order valence-electron chi connectivity index (χ4n) is 1.30. The largest absolute Gasteiger partial charge is 0.376 e. The first-order valence-corrected chi connectivity index (χ1v) is 6.54. The molecule has 0 aliphatic rings. The maximum Gasteiger partial charge on any atom is 0.255 e. The molecule has 1 aromatic rings. The van der Waals surface area contributed by atoms with Crippen molar-refractivity contribution in [2.45, 2.75) is 11.3 Å². The van der Waals surface area contributed by atoms with Gasteiger partial charge in [-0.25, -0.2) is 34.8 Å². The van der Waals surface area contributed by atoms with Crippen LogP contribution in [0, 0.1) is 23.3 Å². The maximum atomic E-state index is 13.3. The van der Waals surface area contributed by atoms with E-state index in [0.29, 0.717) is 6.26 Å². The predicted molar refractivity (Wildman–Crippen MR) is 53.9 cm³/mol. The van der Waals surface area contributed by atoms with Crippen LogP contribution in [0.25, 0.3) is 0 Å². The van der Waals surface area contributed by atoms with Crippen LogP contribution in [0.4, 0.5) is 32.0 Å². The van der Waals surface area contributed by atoms with Crippen molar-refractivity contribution in [3.05, 3.63) is 23.3 Å². The molecule has 0 saturated carbocycles. The Balaban J connectivity index is 3.58. The minimum atomic E-state index is -4.50. The smallest absolute Gasteiger partial charge is 0.255 e. The minimum absolute atomic E-state index is 0.399. The van der Waals surface area contributed by atoms with Gasteiger partial charge in [0, 0.05) is 6.26 Å². The molecule has 0 radical (unpaired) electrons. The van der Waals surface area contributed by atoms with Crippen molar-refractivity contribution in [1.29, 1.82) is 0 Å². The number of anilines is 1. The molecule has 3 nitrogen and oxygen atoms in total. The first-order chi connectivity index (χ1) is 8.57. The van der Waals surface area contributed by atoms with Crippen LogP contribution in [-0.4, -0.2) is 27.6 Å². The third kappa shape index (κ3) is 3.11. The summed E-state index contributed by atoms with van der Waals surface area (Å²) in [5.74, 6) is -8.87. The monoisotopic (exact) mass is 307 g/mol. The molecule has 1 aromatic carbocycles. The minimum Gasteiger partial charge on any atom is -0.376 e. The third-order valence-corrected chi connectivity index (χ3v) is 3.15. The highest BCUT2D eigenvalue weighted by atomic mass is 32.2. The van der Waals surface area contributed by atoms with E-state index >= 15 is 0 Å². The second-order valence-corrected chi connectivity index (χ2v) is 5.46. The molecule has 0 saturated heterocycles. The summed E-state index contributed by atoms with van der Waals surface area (Å²) in [5.41, 5.74) is -1.36. The van der Waals surface area contributed by atoms with E-state index in [2.05, 4.69) is 0 Å². The molecule has 1 rings (SSSR count). The maximum absolute atomic E-state index is 13.3. The van der Waals surface area contributed by atoms with E-state index in [-0.39, 0.29) is 0 Å². The highest BCUT2D eigenvalue weighted by Crippen LogP contribution is 2.32. The molecular formula is C9H7F6NO2S. The Morgan fingerprint density at radius 3 is 1.89 bits per heavy atom. The van der Waals surface area contributed by atoms with Crippen LogP contribution in [0.2, 0.25) is 0 Å². The van der Waals surface area contributed by atoms with E-state index in [4.69, 9.17) is 0 Å². The molecule has 0 atom stereocenters. The molecule has 0 aromatic heterocycles. The van der Waals surface area contributed by atoms with Crippen molar-refractivity contribution in [1.82, 2.24) is 0 Å². The first kappa shape index (κ1) is 15.6. The first-order valence-electron chi connectivity index (χ1n) is 4.65. The van der Waals surface area contributed by atoms with E-state index in [0.717, 1.165) is 0 Å². The van der Waals surface area contributed by atoms with Gasteiger partial charge >= 0.3 is 0 Å². The highest BCUT2D eigenvalue weighted by Gasteiger charge is 2.30. The molecule has 19 heavy (non-hydrogen) atoms. The number of alkyl halides is 2. The molecule has 0 aliphatic heterocycles. The second kappa shape index (κ2) is 5.27. The summed E-state index contributed by atoms with van der Waals surface area (Å²) in [4.78, 5) is -1.54. The molecule has 0 amide bonds. The van der Waals surface area contributed by atoms with Gasteiger partial charge in [0.25, 0.3) is 6.43 Å². The number of halogens is 6. The van der Waals surface area contributed by atoms with Gasteiger partial charge in [0.15, 0.2) is 33.1 Å². The van der Waals surface area contributed by atoms with Crippen molar-refractivity contribution < 1.29 is 34.8 Å².